The number of hydrogen-bond acceptors (Lipinski definition) is 3. The van der Waals surface area contributed by atoms with Crippen molar-refractivity contribution in [1.29, 1.82) is 0 Å². The molecule has 4 nitrogen and oxygen atoms in total. The van der Waals surface area contributed by atoms with Gasteiger partial charge in [0.2, 0.25) is 0 Å². The van der Waals surface area contributed by atoms with Crippen LogP contribution in [0.5, 0.6) is 0 Å². The van der Waals surface area contributed by atoms with Gasteiger partial charge in [0, 0.05) is 6.20 Å². The molecule has 0 unspecified atom stereocenters. The Morgan fingerprint density at radius 3 is 2.71 bits per heavy atom. The lowest BCUT2D eigenvalue weighted by molar-refractivity contribution is 0.0935. The Balaban J connectivity index is 1.88. The minimum atomic E-state index is -0.196. The Morgan fingerprint density at radius 2 is 1.90 bits per heavy atom. The summed E-state index contributed by atoms with van der Waals surface area (Å²) in [6.45, 7) is 1.97. The number of rotatable bonds is 3. The van der Waals surface area contributed by atoms with Crippen molar-refractivity contribution in [3.05, 3.63) is 72.3 Å². The van der Waals surface area contributed by atoms with E-state index in [-0.39, 0.29) is 11.9 Å². The molecular weight excluding hydrogens is 262 g/mol. The first kappa shape index (κ1) is 13.2. The summed E-state index contributed by atoms with van der Waals surface area (Å²) >= 11 is 0. The first-order valence-corrected chi connectivity index (χ1v) is 6.80. The summed E-state index contributed by atoms with van der Waals surface area (Å²) in [6.07, 6.45) is 2.93. The van der Waals surface area contributed by atoms with Crippen LogP contribution >= 0.6 is 0 Å². The van der Waals surface area contributed by atoms with Gasteiger partial charge in [-0.05, 0) is 29.3 Å². The van der Waals surface area contributed by atoms with E-state index in [1.165, 1.54) is 6.33 Å². The van der Waals surface area contributed by atoms with Gasteiger partial charge in [-0.25, -0.2) is 9.97 Å². The number of carbonyl (C=O) groups excluding carboxylic acids is 1. The van der Waals surface area contributed by atoms with Crippen LogP contribution in [0.2, 0.25) is 0 Å². The Labute approximate surface area is 122 Å². The molecule has 104 valence electrons. The molecule has 0 fully saturated rings. The number of hydrogen-bond donors (Lipinski definition) is 1. The summed E-state index contributed by atoms with van der Waals surface area (Å²) in [5.41, 5.74) is 1.47. The minimum absolute atomic E-state index is 0.0986. The fourth-order valence-corrected chi connectivity index (χ4v) is 2.40. The summed E-state index contributed by atoms with van der Waals surface area (Å²) in [4.78, 5) is 19.9. The van der Waals surface area contributed by atoms with Gasteiger partial charge in [0.25, 0.3) is 5.91 Å². The molecule has 21 heavy (non-hydrogen) atoms. The molecule has 1 aromatic heterocycles. The van der Waals surface area contributed by atoms with Crippen molar-refractivity contribution in [3.63, 3.8) is 0 Å². The molecule has 0 radical (unpaired) electrons. The third-order valence-electron chi connectivity index (χ3n) is 3.45. The number of fused-ring (bicyclic) bond motifs is 1. The third kappa shape index (κ3) is 2.74. The molecule has 0 saturated carbocycles. The van der Waals surface area contributed by atoms with E-state index in [9.17, 15) is 4.79 Å². The zero-order valence-electron chi connectivity index (χ0n) is 11.7. The fourth-order valence-electron chi connectivity index (χ4n) is 2.40. The molecule has 1 atom stereocenters. The van der Waals surface area contributed by atoms with Crippen LogP contribution in [-0.2, 0) is 0 Å². The first-order chi connectivity index (χ1) is 10.3. The van der Waals surface area contributed by atoms with E-state index in [1.807, 2.05) is 31.2 Å². The standard InChI is InChI=1S/C17H15N3O/c1-12(20-17(21)16-9-10-18-11-19-16)14-8-4-6-13-5-2-3-7-15(13)14/h2-12H,1H3,(H,20,21)/t12-/m1/s1. The maximum atomic E-state index is 12.2. The maximum absolute atomic E-state index is 12.2. The van der Waals surface area contributed by atoms with Gasteiger partial charge >= 0.3 is 0 Å². The van der Waals surface area contributed by atoms with Crippen molar-refractivity contribution >= 4 is 16.7 Å². The number of carbonyl (C=O) groups is 1. The summed E-state index contributed by atoms with van der Waals surface area (Å²) in [5, 5.41) is 5.29. The second-order valence-electron chi connectivity index (χ2n) is 4.86. The maximum Gasteiger partial charge on any atom is 0.270 e. The van der Waals surface area contributed by atoms with E-state index >= 15 is 0 Å². The van der Waals surface area contributed by atoms with E-state index in [2.05, 4.69) is 33.5 Å². The Bertz CT molecular complexity index is 766. The van der Waals surface area contributed by atoms with E-state index in [4.69, 9.17) is 0 Å². The molecule has 4 heteroatoms. The number of aromatic nitrogens is 2. The molecular formula is C17H15N3O. The molecule has 3 rings (SSSR count). The van der Waals surface area contributed by atoms with Crippen LogP contribution < -0.4 is 5.32 Å². The van der Waals surface area contributed by atoms with Crippen LogP contribution in [0.15, 0.2) is 61.1 Å². The van der Waals surface area contributed by atoms with Crippen LogP contribution in [0.1, 0.15) is 29.0 Å². The van der Waals surface area contributed by atoms with E-state index in [0.717, 1.165) is 16.3 Å². The van der Waals surface area contributed by atoms with Crippen molar-refractivity contribution in [2.75, 3.05) is 0 Å². The highest BCUT2D eigenvalue weighted by molar-refractivity contribution is 5.93. The van der Waals surface area contributed by atoms with Gasteiger partial charge in [-0.15, -0.1) is 0 Å². The molecule has 1 heterocycles. The minimum Gasteiger partial charge on any atom is -0.344 e. The zero-order valence-corrected chi connectivity index (χ0v) is 11.7. The van der Waals surface area contributed by atoms with Gasteiger partial charge in [-0.2, -0.15) is 0 Å². The Hall–Kier alpha value is -2.75. The van der Waals surface area contributed by atoms with Crippen molar-refractivity contribution in [1.82, 2.24) is 15.3 Å². The van der Waals surface area contributed by atoms with Gasteiger partial charge in [0.05, 0.1) is 6.04 Å². The van der Waals surface area contributed by atoms with E-state index in [0.29, 0.717) is 5.69 Å². The van der Waals surface area contributed by atoms with Crippen molar-refractivity contribution in [3.8, 4) is 0 Å². The number of nitrogens with one attached hydrogen (secondary N) is 1. The topological polar surface area (TPSA) is 54.9 Å². The second-order valence-corrected chi connectivity index (χ2v) is 4.86. The van der Waals surface area contributed by atoms with Gasteiger partial charge in [-0.1, -0.05) is 42.5 Å². The zero-order chi connectivity index (χ0) is 14.7. The van der Waals surface area contributed by atoms with Crippen LogP contribution in [0.4, 0.5) is 0 Å². The molecule has 2 aromatic carbocycles. The van der Waals surface area contributed by atoms with Gasteiger partial charge in [0.15, 0.2) is 0 Å². The normalized spacial score (nSPS) is 12.0. The Kier molecular flexibility index (Phi) is 3.60. The number of amides is 1. The van der Waals surface area contributed by atoms with Crippen LogP contribution in [0.3, 0.4) is 0 Å². The van der Waals surface area contributed by atoms with Crippen LogP contribution in [-0.4, -0.2) is 15.9 Å². The monoisotopic (exact) mass is 277 g/mol. The second kappa shape index (κ2) is 5.71. The lowest BCUT2D eigenvalue weighted by Gasteiger charge is -2.16. The largest absolute Gasteiger partial charge is 0.344 e. The molecule has 0 saturated heterocycles. The first-order valence-electron chi connectivity index (χ1n) is 6.80. The summed E-state index contributed by atoms with van der Waals surface area (Å²) < 4.78 is 0. The fraction of sp³-hybridized carbons (Fsp3) is 0.118. The predicted octanol–water partition coefficient (Wildman–Crippen LogP) is 3.12. The van der Waals surface area contributed by atoms with Gasteiger partial charge < -0.3 is 5.32 Å². The molecule has 3 aromatic rings. The van der Waals surface area contributed by atoms with Crippen LogP contribution in [0.25, 0.3) is 10.8 Å². The molecule has 0 spiro atoms. The molecule has 1 N–H and O–H groups in total. The Morgan fingerprint density at radius 1 is 1.10 bits per heavy atom. The molecule has 1 amide bonds. The highest BCUT2D eigenvalue weighted by atomic mass is 16.1. The van der Waals surface area contributed by atoms with Crippen LogP contribution in [0, 0.1) is 0 Å². The summed E-state index contributed by atoms with van der Waals surface area (Å²) in [6, 6.07) is 15.8. The average Bonchev–Trinajstić information content (AvgIpc) is 2.55. The molecule has 0 aliphatic carbocycles. The van der Waals surface area contributed by atoms with Crippen molar-refractivity contribution < 1.29 is 4.79 Å². The lowest BCUT2D eigenvalue weighted by atomic mass is 9.99. The number of nitrogens with zero attached hydrogens (tertiary/aromatic N) is 2. The average molecular weight is 277 g/mol. The van der Waals surface area contributed by atoms with Crippen molar-refractivity contribution in [2.45, 2.75) is 13.0 Å². The van der Waals surface area contributed by atoms with Gasteiger partial charge in [0.1, 0.15) is 12.0 Å². The highest BCUT2D eigenvalue weighted by Gasteiger charge is 2.14. The molecule has 0 aliphatic rings. The highest BCUT2D eigenvalue weighted by Crippen LogP contribution is 2.24. The number of benzene rings is 2. The SMILES string of the molecule is C[C@@H](NC(=O)c1ccncn1)c1cccc2ccccc12. The molecule has 0 bridgehead atoms. The lowest BCUT2D eigenvalue weighted by Crippen LogP contribution is -2.27. The third-order valence-corrected chi connectivity index (χ3v) is 3.45. The predicted molar refractivity (Wildman–Crippen MR) is 81.9 cm³/mol. The van der Waals surface area contributed by atoms with E-state index < -0.39 is 0 Å². The smallest absolute Gasteiger partial charge is 0.270 e. The summed E-state index contributed by atoms with van der Waals surface area (Å²) in [7, 11) is 0. The quantitative estimate of drug-likeness (QED) is 0.800. The van der Waals surface area contributed by atoms with E-state index in [1.54, 1.807) is 12.3 Å². The molecule has 0 aliphatic heterocycles. The van der Waals surface area contributed by atoms with Gasteiger partial charge in [-0.3, -0.25) is 4.79 Å². The van der Waals surface area contributed by atoms with Crippen molar-refractivity contribution in [2.24, 2.45) is 0 Å². The summed E-state index contributed by atoms with van der Waals surface area (Å²) in [5.74, 6) is -0.196.